The van der Waals surface area contributed by atoms with E-state index in [2.05, 4.69) is 6.58 Å². The molecule has 1 atom stereocenters. The third-order valence-corrected chi connectivity index (χ3v) is 7.05. The average Bonchev–Trinajstić information content (AvgIpc) is 3.19. The summed E-state index contributed by atoms with van der Waals surface area (Å²) in [7, 11) is -3.09. The van der Waals surface area contributed by atoms with Gasteiger partial charge < -0.3 is 4.90 Å². The molecule has 1 fully saturated rings. The Morgan fingerprint density at radius 2 is 2.08 bits per heavy atom. The molecule has 1 aliphatic heterocycles. The van der Waals surface area contributed by atoms with Gasteiger partial charge in [0.25, 0.3) is 5.91 Å². The van der Waals surface area contributed by atoms with Crippen LogP contribution in [0.2, 0.25) is 0 Å². The van der Waals surface area contributed by atoms with Gasteiger partial charge in [0, 0.05) is 23.0 Å². The molecule has 0 unspecified atom stereocenters. The second-order valence-electron chi connectivity index (χ2n) is 5.95. The molecule has 132 valence electrons. The Labute approximate surface area is 150 Å². The molecule has 2 aromatic rings. The minimum Gasteiger partial charge on any atom is -0.330 e. The van der Waals surface area contributed by atoms with Crippen LogP contribution in [-0.2, 0) is 9.84 Å². The lowest BCUT2D eigenvalue weighted by atomic mass is 10.2. The van der Waals surface area contributed by atoms with Gasteiger partial charge in [-0.15, -0.1) is 17.9 Å². The van der Waals surface area contributed by atoms with E-state index in [0.717, 1.165) is 0 Å². The first-order chi connectivity index (χ1) is 11.9. The lowest BCUT2D eigenvalue weighted by molar-refractivity contribution is 0.0725. The number of carbonyl (C=O) groups excluding carboxylic acids is 1. The number of hydrogen-bond acceptors (Lipinski definition) is 4. The predicted molar refractivity (Wildman–Crippen MR) is 98.0 cm³/mol. The molecule has 0 radical (unpaired) electrons. The van der Waals surface area contributed by atoms with Gasteiger partial charge in [0.05, 0.1) is 16.4 Å². The van der Waals surface area contributed by atoms with Crippen LogP contribution in [0.1, 0.15) is 16.1 Å². The van der Waals surface area contributed by atoms with E-state index in [4.69, 9.17) is 0 Å². The molecular formula is C18H18FNO3S2. The van der Waals surface area contributed by atoms with E-state index in [1.807, 2.05) is 0 Å². The van der Waals surface area contributed by atoms with Crippen LogP contribution in [-0.4, -0.2) is 43.3 Å². The van der Waals surface area contributed by atoms with E-state index < -0.39 is 9.84 Å². The van der Waals surface area contributed by atoms with Gasteiger partial charge in [-0.3, -0.25) is 4.79 Å². The van der Waals surface area contributed by atoms with Gasteiger partial charge in [0.2, 0.25) is 0 Å². The molecule has 7 heteroatoms. The zero-order valence-electron chi connectivity index (χ0n) is 13.5. The standard InChI is InChI=1S/C18H18FNO3S2/c1-2-10-20(13-9-11-25(22,23)12-13)18(21)17-8-7-16(24-17)14-5-3-4-6-15(14)19/h2-8,13H,1,9-12H2/t13-/m1/s1. The Hall–Kier alpha value is -1.99. The van der Waals surface area contributed by atoms with Crippen LogP contribution >= 0.6 is 11.3 Å². The van der Waals surface area contributed by atoms with Gasteiger partial charge in [-0.2, -0.15) is 0 Å². The van der Waals surface area contributed by atoms with E-state index in [1.54, 1.807) is 41.3 Å². The van der Waals surface area contributed by atoms with Crippen molar-refractivity contribution in [2.45, 2.75) is 12.5 Å². The second-order valence-corrected chi connectivity index (χ2v) is 9.26. The largest absolute Gasteiger partial charge is 0.330 e. The number of nitrogens with zero attached hydrogens (tertiary/aromatic N) is 1. The highest BCUT2D eigenvalue weighted by Gasteiger charge is 2.34. The van der Waals surface area contributed by atoms with Crippen molar-refractivity contribution >= 4 is 27.1 Å². The summed E-state index contributed by atoms with van der Waals surface area (Å²) in [5, 5.41) is 0. The Balaban J connectivity index is 1.86. The molecule has 1 amide bonds. The molecule has 3 rings (SSSR count). The molecule has 4 nitrogen and oxygen atoms in total. The molecular weight excluding hydrogens is 361 g/mol. The first-order valence-electron chi connectivity index (χ1n) is 7.88. The maximum Gasteiger partial charge on any atom is 0.264 e. The lowest BCUT2D eigenvalue weighted by Crippen LogP contribution is -2.40. The van der Waals surface area contributed by atoms with E-state index >= 15 is 0 Å². The number of halogens is 1. The molecule has 0 N–H and O–H groups in total. The molecule has 1 aliphatic rings. The van der Waals surface area contributed by atoms with Gasteiger partial charge in [0.15, 0.2) is 9.84 Å². The van der Waals surface area contributed by atoms with Crippen molar-refractivity contribution < 1.29 is 17.6 Å². The second kappa shape index (κ2) is 7.09. The first kappa shape index (κ1) is 17.8. The molecule has 1 aromatic heterocycles. The SMILES string of the molecule is C=CCN(C(=O)c1ccc(-c2ccccc2F)s1)[C@@H]1CCS(=O)(=O)C1. The average molecular weight is 379 g/mol. The summed E-state index contributed by atoms with van der Waals surface area (Å²) in [6, 6.07) is 9.44. The van der Waals surface area contributed by atoms with Crippen LogP contribution in [0.4, 0.5) is 4.39 Å². The maximum absolute atomic E-state index is 13.9. The van der Waals surface area contributed by atoms with Crippen molar-refractivity contribution in [3.05, 3.63) is 59.7 Å². The van der Waals surface area contributed by atoms with Crippen LogP contribution in [0.25, 0.3) is 10.4 Å². The molecule has 0 spiro atoms. The highest BCUT2D eigenvalue weighted by molar-refractivity contribution is 7.91. The number of carbonyl (C=O) groups is 1. The fourth-order valence-corrected chi connectivity index (χ4v) is 5.68. The smallest absolute Gasteiger partial charge is 0.264 e. The number of hydrogen-bond donors (Lipinski definition) is 0. The van der Waals surface area contributed by atoms with Crippen LogP contribution < -0.4 is 0 Å². The fourth-order valence-electron chi connectivity index (χ4n) is 2.96. The van der Waals surface area contributed by atoms with Crippen molar-refractivity contribution in [3.8, 4) is 10.4 Å². The number of amides is 1. The summed E-state index contributed by atoms with van der Waals surface area (Å²) in [4.78, 5) is 15.5. The van der Waals surface area contributed by atoms with Crippen LogP contribution in [0, 0.1) is 5.82 Å². The van der Waals surface area contributed by atoms with Crippen LogP contribution in [0.15, 0.2) is 49.1 Å². The number of sulfone groups is 1. The Kier molecular flexibility index (Phi) is 5.06. The Morgan fingerprint density at radius 3 is 2.72 bits per heavy atom. The number of benzene rings is 1. The third-order valence-electron chi connectivity index (χ3n) is 4.19. The zero-order chi connectivity index (χ0) is 18.0. The Morgan fingerprint density at radius 1 is 1.32 bits per heavy atom. The van der Waals surface area contributed by atoms with Crippen molar-refractivity contribution in [2.24, 2.45) is 0 Å². The summed E-state index contributed by atoms with van der Waals surface area (Å²) in [5.74, 6) is -0.496. The summed E-state index contributed by atoms with van der Waals surface area (Å²) in [6.45, 7) is 3.94. The molecule has 2 heterocycles. The highest BCUT2D eigenvalue weighted by atomic mass is 32.2. The van der Waals surface area contributed by atoms with Gasteiger partial charge in [0.1, 0.15) is 5.82 Å². The lowest BCUT2D eigenvalue weighted by Gasteiger charge is -2.26. The van der Waals surface area contributed by atoms with Crippen LogP contribution in [0.3, 0.4) is 0 Å². The quantitative estimate of drug-likeness (QED) is 0.749. The summed E-state index contributed by atoms with van der Waals surface area (Å²) >= 11 is 1.21. The Bertz CT molecular complexity index is 905. The zero-order valence-corrected chi connectivity index (χ0v) is 15.2. The minimum atomic E-state index is -3.09. The van der Waals surface area contributed by atoms with Gasteiger partial charge >= 0.3 is 0 Å². The summed E-state index contributed by atoms with van der Waals surface area (Å²) in [5.41, 5.74) is 0.449. The number of rotatable bonds is 5. The third kappa shape index (κ3) is 3.82. The topological polar surface area (TPSA) is 54.5 Å². The molecule has 0 bridgehead atoms. The first-order valence-corrected chi connectivity index (χ1v) is 10.5. The van der Waals surface area contributed by atoms with Gasteiger partial charge in [-0.25, -0.2) is 12.8 Å². The molecule has 0 aliphatic carbocycles. The van der Waals surface area contributed by atoms with Crippen molar-refractivity contribution in [1.29, 1.82) is 0 Å². The monoisotopic (exact) mass is 379 g/mol. The van der Waals surface area contributed by atoms with Crippen molar-refractivity contribution in [1.82, 2.24) is 4.90 Å². The van der Waals surface area contributed by atoms with E-state index in [1.165, 1.54) is 17.4 Å². The summed E-state index contributed by atoms with van der Waals surface area (Å²) in [6.07, 6.45) is 2.03. The normalized spacial score (nSPS) is 18.8. The summed E-state index contributed by atoms with van der Waals surface area (Å²) < 4.78 is 37.4. The van der Waals surface area contributed by atoms with E-state index in [9.17, 15) is 17.6 Å². The van der Waals surface area contributed by atoms with Gasteiger partial charge in [-0.1, -0.05) is 24.3 Å². The molecule has 0 saturated carbocycles. The van der Waals surface area contributed by atoms with E-state index in [0.29, 0.717) is 21.7 Å². The minimum absolute atomic E-state index is 0.0157. The van der Waals surface area contributed by atoms with E-state index in [-0.39, 0.29) is 35.8 Å². The molecule has 1 saturated heterocycles. The van der Waals surface area contributed by atoms with Crippen molar-refractivity contribution in [3.63, 3.8) is 0 Å². The predicted octanol–water partition coefficient (Wildman–Crippen LogP) is 3.37. The van der Waals surface area contributed by atoms with Crippen LogP contribution in [0.5, 0.6) is 0 Å². The molecule has 25 heavy (non-hydrogen) atoms. The number of thiophene rings is 1. The van der Waals surface area contributed by atoms with Crippen molar-refractivity contribution in [2.75, 3.05) is 18.1 Å². The maximum atomic E-state index is 13.9. The highest BCUT2D eigenvalue weighted by Crippen LogP contribution is 2.31. The van der Waals surface area contributed by atoms with Gasteiger partial charge in [-0.05, 0) is 24.6 Å². The fraction of sp³-hybridized carbons (Fsp3) is 0.278. The molecule has 1 aromatic carbocycles.